The molecule has 3 rings (SSSR count). The Morgan fingerprint density at radius 1 is 1.08 bits per heavy atom. The molecule has 0 atom stereocenters. The molecule has 3 aromatic rings. The molecule has 1 aromatic heterocycles. The highest BCUT2D eigenvalue weighted by atomic mass is 79.9. The molecule has 25 heavy (non-hydrogen) atoms. The molecule has 0 bridgehead atoms. The summed E-state index contributed by atoms with van der Waals surface area (Å²) in [6.07, 6.45) is 6.23. The van der Waals surface area contributed by atoms with Crippen molar-refractivity contribution in [2.45, 2.75) is 32.2 Å². The smallest absolute Gasteiger partial charge is 0.249 e. The van der Waals surface area contributed by atoms with Crippen LogP contribution in [0.3, 0.4) is 0 Å². The van der Waals surface area contributed by atoms with E-state index in [1.54, 1.807) is 7.11 Å². The van der Waals surface area contributed by atoms with Crippen molar-refractivity contribution in [1.29, 1.82) is 0 Å². The average Bonchev–Trinajstić information content (AvgIpc) is 3.00. The lowest BCUT2D eigenvalue weighted by atomic mass is 10.00. The van der Waals surface area contributed by atoms with Gasteiger partial charge in [0.05, 0.1) is 12.0 Å². The maximum Gasteiger partial charge on any atom is 0.249 e. The lowest BCUT2D eigenvalue weighted by Crippen LogP contribution is -3.00. The zero-order chi connectivity index (χ0) is 17.3. The lowest BCUT2D eigenvalue weighted by molar-refractivity contribution is -0.687. The molecule has 0 unspecified atom stereocenters. The van der Waals surface area contributed by atoms with Crippen LogP contribution in [0.15, 0.2) is 53.9 Å². The van der Waals surface area contributed by atoms with Crippen LogP contribution in [-0.2, 0) is 6.54 Å². The van der Waals surface area contributed by atoms with Crippen molar-refractivity contribution in [3.63, 3.8) is 0 Å². The van der Waals surface area contributed by atoms with Crippen LogP contribution in [0.4, 0.5) is 0 Å². The molecule has 0 saturated heterocycles. The average molecular weight is 419 g/mol. The molecule has 132 valence electrons. The van der Waals surface area contributed by atoms with E-state index >= 15 is 0 Å². The summed E-state index contributed by atoms with van der Waals surface area (Å²) in [5.41, 5.74) is 6.37. The van der Waals surface area contributed by atoms with E-state index in [2.05, 4.69) is 67.2 Å². The molecule has 0 fully saturated rings. The van der Waals surface area contributed by atoms with Crippen LogP contribution in [0.1, 0.15) is 22.3 Å². The third-order valence-electron chi connectivity index (χ3n) is 4.33. The molecule has 0 N–H and O–H groups in total. The number of halogens is 1. The number of rotatable bonds is 4. The van der Waals surface area contributed by atoms with Gasteiger partial charge in [-0.3, -0.25) is 0 Å². The first kappa shape index (κ1) is 19.6. The summed E-state index contributed by atoms with van der Waals surface area (Å²) in [7, 11) is 1.68. The van der Waals surface area contributed by atoms with Crippen molar-refractivity contribution in [2.75, 3.05) is 7.11 Å². The lowest BCUT2D eigenvalue weighted by Gasteiger charge is -2.09. The predicted molar refractivity (Wildman–Crippen MR) is 99.5 cm³/mol. The Morgan fingerprint density at radius 2 is 1.76 bits per heavy atom. The summed E-state index contributed by atoms with van der Waals surface area (Å²) < 4.78 is 9.59. The zero-order valence-electron chi connectivity index (χ0n) is 15.0. The van der Waals surface area contributed by atoms with Crippen molar-refractivity contribution in [1.82, 2.24) is 4.57 Å². The summed E-state index contributed by atoms with van der Waals surface area (Å²) in [4.78, 5) is 0.918. The summed E-state index contributed by atoms with van der Waals surface area (Å²) >= 11 is 4.56. The SMILES string of the molecule is COc1ccc(S)c(-n2cc[n+](Cc3c(C)cc(C)cc3C)c2)c1.[Br-]. The molecule has 0 aliphatic rings. The van der Waals surface area contributed by atoms with Gasteiger partial charge in [-0.05, 0) is 49.6 Å². The van der Waals surface area contributed by atoms with Crippen molar-refractivity contribution in [3.8, 4) is 11.4 Å². The predicted octanol–water partition coefficient (Wildman–Crippen LogP) is 1.04. The Labute approximate surface area is 165 Å². The van der Waals surface area contributed by atoms with Crippen LogP contribution in [0.25, 0.3) is 5.69 Å². The second-order valence-electron chi connectivity index (χ2n) is 6.23. The summed E-state index contributed by atoms with van der Waals surface area (Å²) in [5.74, 6) is 0.827. The molecule has 0 radical (unpaired) electrons. The molecular formula is C20H23BrN2OS. The van der Waals surface area contributed by atoms with Gasteiger partial charge >= 0.3 is 0 Å². The van der Waals surface area contributed by atoms with Crippen LogP contribution in [0, 0.1) is 20.8 Å². The van der Waals surface area contributed by atoms with Gasteiger partial charge in [0.1, 0.15) is 30.4 Å². The Morgan fingerprint density at radius 3 is 2.40 bits per heavy atom. The van der Waals surface area contributed by atoms with Crippen molar-refractivity contribution in [3.05, 3.63) is 71.3 Å². The van der Waals surface area contributed by atoms with Gasteiger partial charge in [0.25, 0.3) is 0 Å². The van der Waals surface area contributed by atoms with E-state index in [1.165, 1.54) is 22.3 Å². The Hall–Kier alpha value is -1.72. The Balaban J connectivity index is 0.00000225. The van der Waals surface area contributed by atoms with E-state index in [0.717, 1.165) is 22.9 Å². The maximum atomic E-state index is 5.32. The number of nitrogens with zero attached hydrogens (tertiary/aromatic N) is 2. The summed E-state index contributed by atoms with van der Waals surface area (Å²) in [6, 6.07) is 10.4. The van der Waals surface area contributed by atoms with Crippen LogP contribution in [0.2, 0.25) is 0 Å². The monoisotopic (exact) mass is 418 g/mol. The summed E-state index contributed by atoms with van der Waals surface area (Å²) in [5, 5.41) is 0. The number of benzene rings is 2. The topological polar surface area (TPSA) is 18.0 Å². The van der Waals surface area contributed by atoms with E-state index < -0.39 is 0 Å². The zero-order valence-corrected chi connectivity index (χ0v) is 17.4. The highest BCUT2D eigenvalue weighted by Gasteiger charge is 2.13. The van der Waals surface area contributed by atoms with E-state index in [0.29, 0.717) is 0 Å². The number of aryl methyl sites for hydroxylation is 3. The molecule has 0 saturated carbocycles. The highest BCUT2D eigenvalue weighted by Crippen LogP contribution is 2.24. The first-order chi connectivity index (χ1) is 11.5. The van der Waals surface area contributed by atoms with Crippen molar-refractivity contribution < 1.29 is 26.3 Å². The van der Waals surface area contributed by atoms with Crippen LogP contribution in [0.5, 0.6) is 5.75 Å². The number of ether oxygens (including phenoxy) is 1. The van der Waals surface area contributed by atoms with E-state index in [4.69, 9.17) is 4.74 Å². The van der Waals surface area contributed by atoms with Gasteiger partial charge in [-0.1, -0.05) is 17.7 Å². The minimum Gasteiger partial charge on any atom is -1.00 e. The van der Waals surface area contributed by atoms with Crippen LogP contribution in [-0.4, -0.2) is 11.7 Å². The number of imidazole rings is 1. The molecule has 0 aliphatic heterocycles. The maximum absolute atomic E-state index is 5.32. The molecular weight excluding hydrogens is 396 g/mol. The van der Waals surface area contributed by atoms with Gasteiger partial charge < -0.3 is 21.7 Å². The Bertz CT molecular complexity index is 866. The normalized spacial score (nSPS) is 10.4. The van der Waals surface area contributed by atoms with E-state index in [1.807, 2.05) is 24.4 Å². The fourth-order valence-corrected chi connectivity index (χ4v) is 3.36. The third kappa shape index (κ3) is 4.28. The second-order valence-corrected chi connectivity index (χ2v) is 6.71. The van der Waals surface area contributed by atoms with Crippen LogP contribution < -0.4 is 26.3 Å². The first-order valence-electron chi connectivity index (χ1n) is 7.99. The minimum atomic E-state index is 0. The number of thiol groups is 1. The van der Waals surface area contributed by atoms with Gasteiger partial charge in [-0.15, -0.1) is 12.6 Å². The van der Waals surface area contributed by atoms with Gasteiger partial charge in [-0.25, -0.2) is 9.13 Å². The molecule has 1 heterocycles. The van der Waals surface area contributed by atoms with Gasteiger partial charge in [0.2, 0.25) is 6.33 Å². The number of hydrogen-bond donors (Lipinski definition) is 1. The van der Waals surface area contributed by atoms with Gasteiger partial charge in [0.15, 0.2) is 0 Å². The second kappa shape index (κ2) is 8.11. The number of hydrogen-bond acceptors (Lipinski definition) is 2. The molecule has 0 aliphatic carbocycles. The minimum absolute atomic E-state index is 0. The fourth-order valence-electron chi connectivity index (χ4n) is 3.11. The van der Waals surface area contributed by atoms with Crippen LogP contribution >= 0.6 is 12.6 Å². The van der Waals surface area contributed by atoms with Crippen molar-refractivity contribution in [2.24, 2.45) is 0 Å². The fraction of sp³-hybridized carbons (Fsp3) is 0.250. The summed E-state index contributed by atoms with van der Waals surface area (Å²) in [6.45, 7) is 7.36. The van der Waals surface area contributed by atoms with Crippen molar-refractivity contribution >= 4 is 12.6 Å². The van der Waals surface area contributed by atoms with E-state index in [9.17, 15) is 0 Å². The molecule has 0 amide bonds. The van der Waals surface area contributed by atoms with Gasteiger partial charge in [-0.2, -0.15) is 0 Å². The van der Waals surface area contributed by atoms with Gasteiger partial charge in [0, 0.05) is 6.07 Å². The quantitative estimate of drug-likeness (QED) is 0.495. The largest absolute Gasteiger partial charge is 1.00 e. The molecule has 3 nitrogen and oxygen atoms in total. The number of aromatic nitrogens is 2. The highest BCUT2D eigenvalue weighted by molar-refractivity contribution is 7.80. The molecule has 0 spiro atoms. The molecule has 5 heteroatoms. The molecule has 2 aromatic carbocycles. The Kier molecular flexibility index (Phi) is 6.36. The standard InChI is InChI=1S/C20H22N2OS.BrH/c1-14-9-15(2)18(16(3)10-14)12-21-7-8-22(13-21)19-11-17(23-4)5-6-20(19)24;/h5-11,13H,12H2,1-4H3;1H. The number of methoxy groups -OCH3 is 1. The first-order valence-corrected chi connectivity index (χ1v) is 8.44. The third-order valence-corrected chi connectivity index (χ3v) is 4.71. The van der Waals surface area contributed by atoms with E-state index in [-0.39, 0.29) is 17.0 Å².